The molecule has 1 fully saturated rings. The fourth-order valence-corrected chi connectivity index (χ4v) is 6.47. The van der Waals surface area contributed by atoms with Crippen molar-refractivity contribution >= 4 is 35.0 Å². The number of hydrogen-bond donors (Lipinski definition) is 2. The molecule has 2 aliphatic heterocycles. The maximum atomic E-state index is 14.8. The molecule has 0 radical (unpaired) electrons. The molecule has 2 aliphatic rings. The van der Waals surface area contributed by atoms with Crippen molar-refractivity contribution in [2.75, 3.05) is 26.2 Å². The number of aryl methyl sites for hydroxylation is 1. The standard InChI is InChI=1S/C33H38FN5O4S/c1-21(2)27-18-38(30(41)17-24-20-44-32(36-24)23-9-4-3-5-10-23)19-29(40)35-14-6-8-22-12-13-26(34)25(16-22)33(43)39-15-7-11-28(39)31(42)37-27/h3-5,9-10,12-13,16,20-21,27-28H,6-8,11,14-15,17-19H2,1-2H3,(H,35,40)(H,37,42)/t27-,28-/m0/s1. The summed E-state index contributed by atoms with van der Waals surface area (Å²) >= 11 is 1.46. The summed E-state index contributed by atoms with van der Waals surface area (Å²) in [6.45, 7) is 4.52. The average molecular weight is 620 g/mol. The van der Waals surface area contributed by atoms with Crippen molar-refractivity contribution in [2.45, 2.75) is 58.0 Å². The second-order valence-electron chi connectivity index (χ2n) is 11.7. The Kier molecular flexibility index (Phi) is 10.0. The van der Waals surface area contributed by atoms with E-state index >= 15 is 0 Å². The first kappa shape index (κ1) is 31.3. The number of nitrogens with one attached hydrogen (secondary N) is 2. The van der Waals surface area contributed by atoms with Crippen LogP contribution in [-0.2, 0) is 27.2 Å². The Morgan fingerprint density at radius 2 is 1.91 bits per heavy atom. The van der Waals surface area contributed by atoms with Gasteiger partial charge in [-0.25, -0.2) is 9.37 Å². The third-order valence-corrected chi connectivity index (χ3v) is 9.12. The molecule has 4 amide bonds. The van der Waals surface area contributed by atoms with Crippen LogP contribution < -0.4 is 10.6 Å². The maximum Gasteiger partial charge on any atom is 0.257 e. The highest BCUT2D eigenvalue weighted by Gasteiger charge is 2.37. The first-order valence-corrected chi connectivity index (χ1v) is 16.0. The van der Waals surface area contributed by atoms with E-state index in [1.807, 2.05) is 49.6 Å². The Hall–Kier alpha value is -4.12. The average Bonchev–Trinajstić information content (AvgIpc) is 3.69. The first-order valence-electron chi connectivity index (χ1n) is 15.1. The minimum absolute atomic E-state index is 0.0153. The lowest BCUT2D eigenvalue weighted by Gasteiger charge is -2.32. The van der Waals surface area contributed by atoms with Crippen LogP contribution in [0, 0.1) is 11.7 Å². The third kappa shape index (κ3) is 7.50. The Morgan fingerprint density at radius 3 is 2.68 bits per heavy atom. The van der Waals surface area contributed by atoms with Crippen LogP contribution in [0.1, 0.15) is 54.7 Å². The van der Waals surface area contributed by atoms with Gasteiger partial charge in [0.15, 0.2) is 0 Å². The van der Waals surface area contributed by atoms with Crippen molar-refractivity contribution in [3.05, 3.63) is 76.5 Å². The predicted molar refractivity (Wildman–Crippen MR) is 166 cm³/mol. The molecule has 0 saturated carbocycles. The molecule has 11 heteroatoms. The van der Waals surface area contributed by atoms with E-state index < -0.39 is 23.8 Å². The summed E-state index contributed by atoms with van der Waals surface area (Å²) in [7, 11) is 0. The molecule has 2 bridgehead atoms. The summed E-state index contributed by atoms with van der Waals surface area (Å²) in [4.78, 5) is 61.3. The molecule has 2 atom stereocenters. The van der Waals surface area contributed by atoms with Gasteiger partial charge in [0.25, 0.3) is 5.91 Å². The Bertz CT molecular complexity index is 1510. The zero-order chi connectivity index (χ0) is 31.2. The molecule has 232 valence electrons. The van der Waals surface area contributed by atoms with Crippen molar-refractivity contribution in [1.29, 1.82) is 0 Å². The SMILES string of the molecule is CC(C)[C@@H]1CN(C(=O)Cc2csc(-c3ccccc3)n2)CC(=O)NCCCc2ccc(F)c(c2)C(=O)N2CCC[C@H]2C(=O)N1. The van der Waals surface area contributed by atoms with E-state index in [1.54, 1.807) is 12.1 Å². The second-order valence-corrected chi connectivity index (χ2v) is 12.6. The normalized spacial score (nSPS) is 20.2. The zero-order valence-corrected chi connectivity index (χ0v) is 25.9. The van der Waals surface area contributed by atoms with Gasteiger partial charge in [-0.1, -0.05) is 50.2 Å². The Morgan fingerprint density at radius 1 is 1.11 bits per heavy atom. The number of nitrogens with zero attached hydrogens (tertiary/aromatic N) is 3. The van der Waals surface area contributed by atoms with Crippen LogP contribution in [0.4, 0.5) is 4.39 Å². The molecule has 1 saturated heterocycles. The number of carbonyl (C=O) groups is 4. The predicted octanol–water partition coefficient (Wildman–Crippen LogP) is 3.83. The largest absolute Gasteiger partial charge is 0.355 e. The lowest BCUT2D eigenvalue weighted by atomic mass is 10.0. The monoisotopic (exact) mass is 619 g/mol. The van der Waals surface area contributed by atoms with Gasteiger partial charge in [0, 0.05) is 36.6 Å². The number of thiazole rings is 1. The molecule has 2 aromatic carbocycles. The number of benzene rings is 2. The first-order chi connectivity index (χ1) is 21.2. The third-order valence-electron chi connectivity index (χ3n) is 8.18. The number of halogens is 1. The van der Waals surface area contributed by atoms with Crippen molar-refractivity contribution in [3.8, 4) is 10.6 Å². The van der Waals surface area contributed by atoms with E-state index in [0.717, 1.165) is 16.1 Å². The molecular formula is C33H38FN5O4S. The molecule has 2 N–H and O–H groups in total. The minimum Gasteiger partial charge on any atom is -0.355 e. The van der Waals surface area contributed by atoms with Gasteiger partial charge in [0.1, 0.15) is 16.9 Å². The van der Waals surface area contributed by atoms with Crippen LogP contribution in [-0.4, -0.2) is 76.7 Å². The summed E-state index contributed by atoms with van der Waals surface area (Å²) in [5.41, 5.74) is 2.29. The van der Waals surface area contributed by atoms with E-state index in [0.29, 0.717) is 44.5 Å². The molecule has 0 aliphatic carbocycles. The van der Waals surface area contributed by atoms with Crippen LogP contribution in [0.15, 0.2) is 53.9 Å². The van der Waals surface area contributed by atoms with Gasteiger partial charge in [-0.3, -0.25) is 19.2 Å². The number of rotatable bonds is 4. The van der Waals surface area contributed by atoms with Crippen LogP contribution in [0.5, 0.6) is 0 Å². The number of carbonyl (C=O) groups excluding carboxylic acids is 4. The summed E-state index contributed by atoms with van der Waals surface area (Å²) in [6.07, 6.45) is 2.20. The molecule has 0 spiro atoms. The Labute approximate surface area is 260 Å². The van der Waals surface area contributed by atoms with Gasteiger partial charge in [-0.05, 0) is 49.3 Å². The van der Waals surface area contributed by atoms with Gasteiger partial charge in [0.2, 0.25) is 17.7 Å². The van der Waals surface area contributed by atoms with Crippen molar-refractivity contribution in [1.82, 2.24) is 25.4 Å². The van der Waals surface area contributed by atoms with Crippen molar-refractivity contribution < 1.29 is 23.6 Å². The fourth-order valence-electron chi connectivity index (χ4n) is 5.64. The summed E-state index contributed by atoms with van der Waals surface area (Å²) in [6, 6.07) is 12.9. The summed E-state index contributed by atoms with van der Waals surface area (Å²) < 4.78 is 14.8. The van der Waals surface area contributed by atoms with Crippen molar-refractivity contribution in [2.24, 2.45) is 5.92 Å². The van der Waals surface area contributed by atoms with E-state index in [2.05, 4.69) is 15.6 Å². The summed E-state index contributed by atoms with van der Waals surface area (Å²) in [5, 5.41) is 8.59. The molecule has 3 heterocycles. The minimum atomic E-state index is -0.749. The van der Waals surface area contributed by atoms with Gasteiger partial charge in [-0.2, -0.15) is 0 Å². The topological polar surface area (TPSA) is 112 Å². The number of hydrogen-bond acceptors (Lipinski definition) is 6. The van der Waals surface area contributed by atoms with Crippen LogP contribution in [0.25, 0.3) is 10.6 Å². The molecule has 9 nitrogen and oxygen atoms in total. The molecule has 5 rings (SSSR count). The number of aromatic nitrogens is 1. The van der Waals surface area contributed by atoms with E-state index in [-0.39, 0.29) is 48.7 Å². The highest BCUT2D eigenvalue weighted by Crippen LogP contribution is 2.25. The zero-order valence-electron chi connectivity index (χ0n) is 25.1. The van der Waals surface area contributed by atoms with Crippen molar-refractivity contribution in [3.63, 3.8) is 0 Å². The van der Waals surface area contributed by atoms with Gasteiger partial charge >= 0.3 is 0 Å². The second kappa shape index (κ2) is 14.1. The van der Waals surface area contributed by atoms with E-state index in [9.17, 15) is 23.6 Å². The lowest BCUT2D eigenvalue weighted by molar-refractivity contribution is -0.136. The van der Waals surface area contributed by atoms with E-state index in [1.165, 1.54) is 27.2 Å². The summed E-state index contributed by atoms with van der Waals surface area (Å²) in [5.74, 6) is -2.14. The fraction of sp³-hybridized carbons (Fsp3) is 0.424. The smallest absolute Gasteiger partial charge is 0.257 e. The van der Waals surface area contributed by atoms with Gasteiger partial charge in [-0.15, -0.1) is 11.3 Å². The molecular weight excluding hydrogens is 581 g/mol. The Balaban J connectivity index is 1.38. The highest BCUT2D eigenvalue weighted by atomic mass is 32.1. The lowest BCUT2D eigenvalue weighted by Crippen LogP contribution is -2.55. The van der Waals surface area contributed by atoms with Crippen LogP contribution >= 0.6 is 11.3 Å². The van der Waals surface area contributed by atoms with Crippen LogP contribution in [0.2, 0.25) is 0 Å². The number of amides is 4. The van der Waals surface area contributed by atoms with Gasteiger partial charge in [0.05, 0.1) is 24.2 Å². The highest BCUT2D eigenvalue weighted by molar-refractivity contribution is 7.13. The molecule has 44 heavy (non-hydrogen) atoms. The molecule has 0 unspecified atom stereocenters. The van der Waals surface area contributed by atoms with E-state index in [4.69, 9.17) is 0 Å². The van der Waals surface area contributed by atoms with Crippen LogP contribution in [0.3, 0.4) is 0 Å². The van der Waals surface area contributed by atoms with Gasteiger partial charge < -0.3 is 20.4 Å². The maximum absolute atomic E-state index is 14.8. The number of fused-ring (bicyclic) bond motifs is 3. The molecule has 3 aromatic rings. The quantitative estimate of drug-likeness (QED) is 0.461. The molecule has 1 aromatic heterocycles.